The van der Waals surface area contributed by atoms with Crippen LogP contribution >= 0.6 is 0 Å². The number of aromatic nitrogens is 3. The Balaban J connectivity index is 1.14. The molecule has 16 heteroatoms. The van der Waals surface area contributed by atoms with Crippen molar-refractivity contribution in [2.45, 2.75) is 82.5 Å². The van der Waals surface area contributed by atoms with Gasteiger partial charge in [0.15, 0.2) is 0 Å². The third-order valence-corrected chi connectivity index (χ3v) is 11.4. The molecule has 56 heavy (non-hydrogen) atoms. The molecule has 2 saturated carbocycles. The zero-order valence-corrected chi connectivity index (χ0v) is 32.6. The van der Waals surface area contributed by atoms with Gasteiger partial charge in [-0.1, -0.05) is 25.1 Å². The lowest BCUT2D eigenvalue weighted by molar-refractivity contribution is -0.121. The van der Waals surface area contributed by atoms with E-state index in [1.165, 1.54) is 6.08 Å². The molecular formula is C40H52BN11O4. The van der Waals surface area contributed by atoms with Crippen LogP contribution in [0.1, 0.15) is 92.8 Å². The fourth-order valence-corrected chi connectivity index (χ4v) is 7.68. The molecule has 3 fully saturated rings. The third kappa shape index (κ3) is 7.72. The minimum Gasteiger partial charge on any atom is -0.393 e. The second-order valence-electron chi connectivity index (χ2n) is 15.4. The van der Waals surface area contributed by atoms with E-state index in [0.29, 0.717) is 38.2 Å². The Hall–Kier alpha value is -5.35. The number of rotatable bonds is 13. The molecule has 7 rings (SSSR count). The average Bonchev–Trinajstić information content (AvgIpc) is 4.15. The van der Waals surface area contributed by atoms with Crippen molar-refractivity contribution in [3.63, 3.8) is 0 Å². The number of para-hydroxylation sites is 1. The van der Waals surface area contributed by atoms with Crippen molar-refractivity contribution in [3.8, 4) is 11.1 Å². The molecule has 8 N–H and O–H groups in total. The van der Waals surface area contributed by atoms with Crippen LogP contribution in [0.15, 0.2) is 65.9 Å². The molecule has 0 bridgehead atoms. The van der Waals surface area contributed by atoms with Crippen LogP contribution < -0.4 is 32.3 Å². The van der Waals surface area contributed by atoms with E-state index in [2.05, 4.69) is 43.5 Å². The first-order valence-corrected chi connectivity index (χ1v) is 19.6. The number of nitrogens with two attached hydrogens (primary N) is 2. The molecule has 294 valence electrons. The zero-order valence-electron chi connectivity index (χ0n) is 32.6. The predicted octanol–water partition coefficient (Wildman–Crippen LogP) is 2.73. The van der Waals surface area contributed by atoms with Gasteiger partial charge in [-0.15, -0.1) is 0 Å². The molecule has 2 unspecified atom stereocenters. The number of fused-ring (bicyclic) bond motifs is 3. The molecular weight excluding hydrogens is 709 g/mol. The van der Waals surface area contributed by atoms with Crippen LogP contribution in [0.4, 0.5) is 11.4 Å². The molecule has 1 aromatic carbocycles. The number of pyridine rings is 1. The quantitative estimate of drug-likeness (QED) is 0.0851. The van der Waals surface area contributed by atoms with Gasteiger partial charge in [0.1, 0.15) is 30.7 Å². The number of carbonyl (C=O) groups is 3. The van der Waals surface area contributed by atoms with Crippen LogP contribution in [0.3, 0.4) is 0 Å². The minimum absolute atomic E-state index is 0.0334. The van der Waals surface area contributed by atoms with Gasteiger partial charge in [-0.25, -0.2) is 4.98 Å². The summed E-state index contributed by atoms with van der Waals surface area (Å²) in [7, 11) is 10.3. The average molecular weight is 762 g/mol. The lowest BCUT2D eigenvalue weighted by atomic mass is 9.83. The van der Waals surface area contributed by atoms with Crippen LogP contribution in [0.2, 0.25) is 0 Å². The second-order valence-corrected chi connectivity index (χ2v) is 15.4. The number of hydrogen-bond donors (Lipinski definition) is 6. The number of carbonyl (C=O) groups excluding carboxylic acids is 3. The molecule has 2 aliphatic heterocycles. The van der Waals surface area contributed by atoms with Crippen LogP contribution in [-0.4, -0.2) is 95.0 Å². The Morgan fingerprint density at radius 3 is 2.41 bits per heavy atom. The summed E-state index contributed by atoms with van der Waals surface area (Å²) in [6.07, 6.45) is 9.05. The SMILES string of the molecule is [B]C(O)(c1cccc(C(=O)N(C)CC)n1)N1CCC(n2ncc3c2C(CC)N(C)c2c(NC(/C=C(\N)NC(=O)C4CC4)=C(/N)C(=O)NC4CC4)cccc2-3)CC1. The van der Waals surface area contributed by atoms with Crippen molar-refractivity contribution >= 4 is 36.9 Å². The summed E-state index contributed by atoms with van der Waals surface area (Å²) in [6.45, 7) is 5.53. The molecule has 1 saturated heterocycles. The van der Waals surface area contributed by atoms with E-state index >= 15 is 0 Å². The summed E-state index contributed by atoms with van der Waals surface area (Å²) >= 11 is 0. The Bertz CT molecular complexity index is 2060. The fraction of sp³-hybridized carbons (Fsp3) is 0.475. The molecule has 15 nitrogen and oxygen atoms in total. The van der Waals surface area contributed by atoms with Gasteiger partial charge in [-0.05, 0) is 70.1 Å². The first-order valence-electron chi connectivity index (χ1n) is 19.6. The number of hydrogen-bond acceptors (Lipinski definition) is 11. The number of likely N-dealkylation sites (tertiary alicyclic amines) is 1. The van der Waals surface area contributed by atoms with Gasteiger partial charge < -0.3 is 42.3 Å². The van der Waals surface area contributed by atoms with Crippen molar-refractivity contribution in [1.29, 1.82) is 0 Å². The van der Waals surface area contributed by atoms with E-state index in [1.807, 2.05) is 32.3 Å². The molecule has 3 amide bonds. The highest BCUT2D eigenvalue weighted by atomic mass is 16.3. The van der Waals surface area contributed by atoms with Gasteiger partial charge in [0.25, 0.3) is 11.8 Å². The summed E-state index contributed by atoms with van der Waals surface area (Å²) in [4.78, 5) is 48.5. The van der Waals surface area contributed by atoms with Crippen LogP contribution in [0, 0.1) is 5.92 Å². The van der Waals surface area contributed by atoms with Crippen molar-refractivity contribution < 1.29 is 19.5 Å². The number of anilines is 2. The highest BCUT2D eigenvalue weighted by molar-refractivity contribution is 6.14. The number of nitrogens with zero attached hydrogens (tertiary/aromatic N) is 6. The first kappa shape index (κ1) is 38.9. The summed E-state index contributed by atoms with van der Waals surface area (Å²) in [6, 6.07) is 11.0. The Kier molecular flexibility index (Phi) is 10.9. The number of benzene rings is 1. The van der Waals surface area contributed by atoms with E-state index in [0.717, 1.165) is 54.6 Å². The molecule has 2 aromatic heterocycles. The monoisotopic (exact) mass is 761 g/mol. The highest BCUT2D eigenvalue weighted by Gasteiger charge is 2.39. The van der Waals surface area contributed by atoms with E-state index in [9.17, 15) is 19.5 Å². The van der Waals surface area contributed by atoms with Gasteiger partial charge in [0, 0.05) is 62.9 Å². The Morgan fingerprint density at radius 2 is 1.75 bits per heavy atom. The van der Waals surface area contributed by atoms with Crippen LogP contribution in [-0.2, 0) is 15.2 Å². The number of allylic oxidation sites excluding steroid dienone is 1. The first-order chi connectivity index (χ1) is 26.8. The summed E-state index contributed by atoms with van der Waals surface area (Å²) < 4.78 is 2.13. The smallest absolute Gasteiger partial charge is 0.272 e. The summed E-state index contributed by atoms with van der Waals surface area (Å²) in [5.74, 6) is -0.736. The third-order valence-electron chi connectivity index (χ3n) is 11.4. The number of piperidine rings is 1. The largest absolute Gasteiger partial charge is 0.393 e. The highest BCUT2D eigenvalue weighted by Crippen LogP contribution is 2.50. The van der Waals surface area contributed by atoms with Gasteiger partial charge in [0.05, 0.1) is 46.7 Å². The van der Waals surface area contributed by atoms with Crippen molar-refractivity contribution in [1.82, 2.24) is 35.2 Å². The lowest BCUT2D eigenvalue weighted by Gasteiger charge is -2.43. The number of aliphatic hydroxyl groups is 1. The van der Waals surface area contributed by atoms with Gasteiger partial charge in [-0.3, -0.25) is 24.0 Å². The minimum atomic E-state index is -1.86. The molecule has 4 heterocycles. The zero-order chi connectivity index (χ0) is 39.9. The van der Waals surface area contributed by atoms with E-state index in [-0.39, 0.29) is 64.5 Å². The van der Waals surface area contributed by atoms with Gasteiger partial charge in [-0.2, -0.15) is 5.10 Å². The lowest BCUT2D eigenvalue weighted by Crippen LogP contribution is -2.51. The van der Waals surface area contributed by atoms with E-state index in [1.54, 1.807) is 35.0 Å². The molecule has 3 aromatic rings. The van der Waals surface area contributed by atoms with Crippen molar-refractivity contribution in [2.75, 3.05) is 43.9 Å². The van der Waals surface area contributed by atoms with Crippen molar-refractivity contribution in [2.24, 2.45) is 17.4 Å². The van der Waals surface area contributed by atoms with Crippen molar-refractivity contribution in [3.05, 3.63) is 83.0 Å². The maximum absolute atomic E-state index is 13.2. The fourth-order valence-electron chi connectivity index (χ4n) is 7.68. The molecule has 0 spiro atoms. The second kappa shape index (κ2) is 15.7. The number of amides is 3. The van der Waals surface area contributed by atoms with Crippen LogP contribution in [0.5, 0.6) is 0 Å². The predicted molar refractivity (Wildman–Crippen MR) is 215 cm³/mol. The molecule has 2 aliphatic carbocycles. The summed E-state index contributed by atoms with van der Waals surface area (Å²) in [5, 5.41) is 25.6. The normalized spacial score (nSPS) is 20.3. The number of nitrogens with one attached hydrogen (secondary N) is 3. The maximum atomic E-state index is 13.2. The molecule has 2 radical (unpaired) electrons. The Morgan fingerprint density at radius 1 is 1.04 bits per heavy atom. The van der Waals surface area contributed by atoms with Gasteiger partial charge in [0.2, 0.25) is 5.91 Å². The maximum Gasteiger partial charge on any atom is 0.272 e. The summed E-state index contributed by atoms with van der Waals surface area (Å²) in [5.41, 5.74) is 16.3. The molecule has 4 aliphatic rings. The van der Waals surface area contributed by atoms with Crippen LogP contribution in [0.25, 0.3) is 11.1 Å². The van der Waals surface area contributed by atoms with E-state index < -0.39 is 11.5 Å². The molecule has 2 atom stereocenters. The van der Waals surface area contributed by atoms with E-state index in [4.69, 9.17) is 24.4 Å². The Labute approximate surface area is 328 Å². The topological polar surface area (TPSA) is 200 Å². The van der Waals surface area contributed by atoms with Gasteiger partial charge >= 0.3 is 0 Å². The standard InChI is InChI=1S/C40H52BN11O4/c1-5-31-36-27(22-44-52(36)25-17-19-51(20-18-25)40(41,56)32-12-8-11-29(47-32)39(55)49(3)6-2)26-9-7-10-28(35(26)50(31)4)46-30(34(43)38(54)45-24-15-16-24)21-33(42)48-37(53)23-13-14-23/h7-12,21-25,31,46,56H,5-6,13-20,42-43H2,1-4H3,(H,45,54)(H,48,53)/b33-21+,34-30+.